The van der Waals surface area contributed by atoms with Crippen LogP contribution in [0.5, 0.6) is 5.75 Å². The van der Waals surface area contributed by atoms with E-state index in [1.165, 1.54) is 12.1 Å². The standard InChI is InChI=1S/C13H16FN3O/c1-8-10(5-6-15)13(17-16-8)11-7-9(14)3-4-12(11)18-2/h3-4,7H,5-6,15H2,1-2H3,(H,16,17). The van der Waals surface area contributed by atoms with Gasteiger partial charge in [-0.3, -0.25) is 5.10 Å². The Bertz CT molecular complexity index is 551. The Kier molecular flexibility index (Phi) is 3.62. The van der Waals surface area contributed by atoms with Crippen LogP contribution in [0.15, 0.2) is 18.2 Å². The van der Waals surface area contributed by atoms with Crippen LogP contribution in [0.1, 0.15) is 11.3 Å². The Morgan fingerprint density at radius 1 is 1.44 bits per heavy atom. The molecule has 0 amide bonds. The molecule has 0 saturated carbocycles. The zero-order valence-electron chi connectivity index (χ0n) is 10.5. The fourth-order valence-corrected chi connectivity index (χ4v) is 1.99. The number of methoxy groups -OCH3 is 1. The largest absolute Gasteiger partial charge is 0.496 e. The van der Waals surface area contributed by atoms with E-state index in [9.17, 15) is 4.39 Å². The van der Waals surface area contributed by atoms with E-state index in [-0.39, 0.29) is 5.82 Å². The van der Waals surface area contributed by atoms with Crippen LogP contribution in [-0.2, 0) is 6.42 Å². The molecule has 0 aliphatic rings. The number of hydrogen-bond donors (Lipinski definition) is 2. The number of hydrogen-bond acceptors (Lipinski definition) is 3. The Morgan fingerprint density at radius 2 is 2.22 bits per heavy atom. The molecule has 1 aromatic heterocycles. The van der Waals surface area contributed by atoms with Gasteiger partial charge in [0.2, 0.25) is 0 Å². The van der Waals surface area contributed by atoms with Crippen molar-refractivity contribution in [3.8, 4) is 17.0 Å². The molecular weight excluding hydrogens is 233 g/mol. The van der Waals surface area contributed by atoms with Gasteiger partial charge in [0.15, 0.2) is 0 Å². The zero-order chi connectivity index (χ0) is 13.1. The number of nitrogens with one attached hydrogen (secondary N) is 1. The Labute approximate surface area is 105 Å². The molecule has 0 radical (unpaired) electrons. The van der Waals surface area contributed by atoms with Crippen molar-refractivity contribution in [3.63, 3.8) is 0 Å². The van der Waals surface area contributed by atoms with E-state index < -0.39 is 0 Å². The summed E-state index contributed by atoms with van der Waals surface area (Å²) in [6.07, 6.45) is 0.692. The van der Waals surface area contributed by atoms with Crippen LogP contribution in [-0.4, -0.2) is 23.9 Å². The fraction of sp³-hybridized carbons (Fsp3) is 0.308. The maximum atomic E-state index is 13.4. The van der Waals surface area contributed by atoms with Crippen LogP contribution in [0.3, 0.4) is 0 Å². The molecule has 1 aromatic carbocycles. The normalized spacial score (nSPS) is 10.7. The highest BCUT2D eigenvalue weighted by molar-refractivity contribution is 5.70. The Hall–Kier alpha value is -1.88. The van der Waals surface area contributed by atoms with Gasteiger partial charge in [0.1, 0.15) is 11.6 Å². The van der Waals surface area contributed by atoms with Gasteiger partial charge in [-0.25, -0.2) is 4.39 Å². The van der Waals surface area contributed by atoms with E-state index in [4.69, 9.17) is 10.5 Å². The summed E-state index contributed by atoms with van der Waals surface area (Å²) in [5, 5.41) is 7.13. The van der Waals surface area contributed by atoms with E-state index in [1.54, 1.807) is 13.2 Å². The van der Waals surface area contributed by atoms with Gasteiger partial charge in [-0.05, 0) is 38.1 Å². The van der Waals surface area contributed by atoms with Gasteiger partial charge in [0.05, 0.1) is 12.8 Å². The number of nitrogens with zero attached hydrogens (tertiary/aromatic N) is 1. The molecule has 0 spiro atoms. The predicted molar refractivity (Wildman–Crippen MR) is 68.0 cm³/mol. The lowest BCUT2D eigenvalue weighted by Gasteiger charge is -2.08. The molecule has 2 aromatic rings. The monoisotopic (exact) mass is 249 g/mol. The first-order valence-corrected chi connectivity index (χ1v) is 5.75. The molecule has 18 heavy (non-hydrogen) atoms. The SMILES string of the molecule is COc1ccc(F)cc1-c1n[nH]c(C)c1CCN. The first kappa shape index (κ1) is 12.6. The minimum Gasteiger partial charge on any atom is -0.496 e. The summed E-state index contributed by atoms with van der Waals surface area (Å²) in [7, 11) is 1.55. The first-order chi connectivity index (χ1) is 8.67. The second kappa shape index (κ2) is 5.18. The van der Waals surface area contributed by atoms with Crippen molar-refractivity contribution in [3.05, 3.63) is 35.3 Å². The van der Waals surface area contributed by atoms with Crippen LogP contribution in [0.25, 0.3) is 11.3 Å². The van der Waals surface area contributed by atoms with Gasteiger partial charge in [-0.15, -0.1) is 0 Å². The molecule has 0 fully saturated rings. The van der Waals surface area contributed by atoms with Crippen LogP contribution in [0.4, 0.5) is 4.39 Å². The molecule has 0 unspecified atom stereocenters. The van der Waals surface area contributed by atoms with Crippen molar-refractivity contribution >= 4 is 0 Å². The summed E-state index contributed by atoms with van der Waals surface area (Å²) >= 11 is 0. The van der Waals surface area contributed by atoms with Crippen molar-refractivity contribution < 1.29 is 9.13 Å². The van der Waals surface area contributed by atoms with Crippen molar-refractivity contribution in [1.29, 1.82) is 0 Å². The summed E-state index contributed by atoms with van der Waals surface area (Å²) in [5.41, 5.74) is 8.88. The molecule has 0 atom stereocenters. The molecule has 4 nitrogen and oxygen atoms in total. The van der Waals surface area contributed by atoms with Gasteiger partial charge < -0.3 is 10.5 Å². The number of benzene rings is 1. The van der Waals surface area contributed by atoms with E-state index in [0.717, 1.165) is 11.3 Å². The number of H-pyrrole nitrogens is 1. The second-order valence-corrected chi connectivity index (χ2v) is 4.06. The van der Waals surface area contributed by atoms with Crippen LogP contribution >= 0.6 is 0 Å². The van der Waals surface area contributed by atoms with Crippen LogP contribution < -0.4 is 10.5 Å². The van der Waals surface area contributed by atoms with Crippen molar-refractivity contribution in [2.45, 2.75) is 13.3 Å². The summed E-state index contributed by atoms with van der Waals surface area (Å²) in [4.78, 5) is 0. The maximum Gasteiger partial charge on any atom is 0.128 e. The highest BCUT2D eigenvalue weighted by atomic mass is 19.1. The van der Waals surface area contributed by atoms with Gasteiger partial charge in [0, 0.05) is 16.8 Å². The summed E-state index contributed by atoms with van der Waals surface area (Å²) < 4.78 is 18.6. The molecule has 1 heterocycles. The van der Waals surface area contributed by atoms with Crippen molar-refractivity contribution in [1.82, 2.24) is 10.2 Å². The lowest BCUT2D eigenvalue weighted by Crippen LogP contribution is -2.04. The van der Waals surface area contributed by atoms with Crippen LogP contribution in [0.2, 0.25) is 0 Å². The lowest BCUT2D eigenvalue weighted by atomic mass is 10.0. The smallest absolute Gasteiger partial charge is 0.128 e. The third kappa shape index (κ3) is 2.22. The quantitative estimate of drug-likeness (QED) is 0.871. The Balaban J connectivity index is 2.57. The maximum absolute atomic E-state index is 13.4. The molecule has 3 N–H and O–H groups in total. The second-order valence-electron chi connectivity index (χ2n) is 4.06. The lowest BCUT2D eigenvalue weighted by molar-refractivity contribution is 0.415. The third-order valence-electron chi connectivity index (χ3n) is 2.88. The summed E-state index contributed by atoms with van der Waals surface area (Å²) in [6, 6.07) is 4.39. The number of aromatic amines is 1. The number of aromatic nitrogens is 2. The molecule has 0 saturated heterocycles. The summed E-state index contributed by atoms with van der Waals surface area (Å²) in [6.45, 7) is 2.44. The predicted octanol–water partition coefficient (Wildman–Crippen LogP) is 2.03. The first-order valence-electron chi connectivity index (χ1n) is 5.75. The van der Waals surface area contributed by atoms with Gasteiger partial charge in [-0.2, -0.15) is 5.10 Å². The Morgan fingerprint density at radius 3 is 2.89 bits per heavy atom. The van der Waals surface area contributed by atoms with Gasteiger partial charge >= 0.3 is 0 Å². The van der Waals surface area contributed by atoms with E-state index >= 15 is 0 Å². The molecule has 0 aliphatic carbocycles. The number of halogens is 1. The number of rotatable bonds is 4. The third-order valence-corrected chi connectivity index (χ3v) is 2.88. The summed E-state index contributed by atoms with van der Waals surface area (Å²) in [5.74, 6) is 0.284. The molecule has 96 valence electrons. The molecular formula is C13H16FN3O. The average molecular weight is 249 g/mol. The van der Waals surface area contributed by atoms with Gasteiger partial charge in [-0.1, -0.05) is 0 Å². The minimum absolute atomic E-state index is 0.315. The zero-order valence-corrected chi connectivity index (χ0v) is 10.5. The average Bonchev–Trinajstić information content (AvgIpc) is 2.72. The van der Waals surface area contributed by atoms with E-state index in [0.29, 0.717) is 30.0 Å². The van der Waals surface area contributed by atoms with Crippen molar-refractivity contribution in [2.75, 3.05) is 13.7 Å². The number of ether oxygens (including phenoxy) is 1. The number of nitrogens with two attached hydrogens (primary N) is 1. The highest BCUT2D eigenvalue weighted by Crippen LogP contribution is 2.32. The molecule has 5 heteroatoms. The number of aryl methyl sites for hydroxylation is 1. The minimum atomic E-state index is -0.315. The van der Waals surface area contributed by atoms with E-state index in [1.807, 2.05) is 6.92 Å². The fourth-order valence-electron chi connectivity index (χ4n) is 1.99. The van der Waals surface area contributed by atoms with Gasteiger partial charge in [0.25, 0.3) is 0 Å². The van der Waals surface area contributed by atoms with Crippen LogP contribution in [0, 0.1) is 12.7 Å². The topological polar surface area (TPSA) is 63.9 Å². The molecule has 0 bridgehead atoms. The molecule has 2 rings (SSSR count). The van der Waals surface area contributed by atoms with E-state index in [2.05, 4.69) is 10.2 Å². The highest BCUT2D eigenvalue weighted by Gasteiger charge is 2.16. The molecule has 0 aliphatic heterocycles. The van der Waals surface area contributed by atoms with Crippen molar-refractivity contribution in [2.24, 2.45) is 5.73 Å².